The molecule has 0 spiro atoms. The molecule has 6 nitrogen and oxygen atoms in total. The number of hydrogen-bond donors (Lipinski definition) is 1. The molecule has 0 saturated heterocycles. The summed E-state index contributed by atoms with van der Waals surface area (Å²) in [5.41, 5.74) is 4.44. The SMILES string of the molecule is COc1ccc([C@H]2CC[C@H](CN(c3cccc(-c4cnc(C#N)s4)c3)C(=O)[C@H]3CC[C@H](O)CC3)CC2)cc1C. The number of carbonyl (C=O) groups excluding carboxylic acids is 1. The number of hydrogen-bond acceptors (Lipinski definition) is 6. The summed E-state index contributed by atoms with van der Waals surface area (Å²) in [4.78, 5) is 21.1. The molecule has 0 bridgehead atoms. The van der Waals surface area contributed by atoms with E-state index < -0.39 is 0 Å². The minimum absolute atomic E-state index is 0.0516. The Bertz CT molecular complexity index is 1330. The average Bonchev–Trinajstić information content (AvgIpc) is 3.46. The Hall–Kier alpha value is -3.21. The van der Waals surface area contributed by atoms with E-state index in [0.717, 1.165) is 60.4 Å². The van der Waals surface area contributed by atoms with Gasteiger partial charge in [-0.15, -0.1) is 11.3 Å². The number of aromatic nitrogens is 1. The molecule has 5 rings (SSSR count). The molecule has 1 amide bonds. The zero-order valence-electron chi connectivity index (χ0n) is 22.8. The number of thiazole rings is 1. The number of anilines is 1. The van der Waals surface area contributed by atoms with Crippen LogP contribution >= 0.6 is 11.3 Å². The van der Waals surface area contributed by atoms with Crippen LogP contribution in [0.25, 0.3) is 10.4 Å². The van der Waals surface area contributed by atoms with Crippen LogP contribution in [0, 0.1) is 30.1 Å². The number of nitriles is 1. The molecular weight excluding hydrogens is 506 g/mol. The second kappa shape index (κ2) is 12.3. The number of ether oxygens (including phenoxy) is 1. The van der Waals surface area contributed by atoms with Crippen LogP contribution in [0.1, 0.15) is 73.4 Å². The van der Waals surface area contributed by atoms with Gasteiger partial charge in [-0.3, -0.25) is 4.79 Å². The number of aliphatic hydroxyl groups excluding tert-OH is 1. The molecule has 2 aromatic carbocycles. The number of rotatable bonds is 7. The van der Waals surface area contributed by atoms with Crippen LogP contribution in [-0.2, 0) is 4.79 Å². The number of amides is 1. The third kappa shape index (κ3) is 6.34. The van der Waals surface area contributed by atoms with E-state index in [4.69, 9.17) is 4.74 Å². The first-order chi connectivity index (χ1) is 18.9. The van der Waals surface area contributed by atoms with Gasteiger partial charge in [0.05, 0.1) is 18.1 Å². The fourth-order valence-corrected chi connectivity index (χ4v) is 6.95. The Morgan fingerprint density at radius 2 is 1.87 bits per heavy atom. The Morgan fingerprint density at radius 1 is 1.10 bits per heavy atom. The fourth-order valence-electron chi connectivity index (χ4n) is 6.24. The summed E-state index contributed by atoms with van der Waals surface area (Å²) in [5.74, 6) is 2.04. The lowest BCUT2D eigenvalue weighted by atomic mass is 9.78. The minimum atomic E-state index is -0.289. The molecule has 39 heavy (non-hydrogen) atoms. The molecule has 0 aliphatic heterocycles. The van der Waals surface area contributed by atoms with Gasteiger partial charge in [0.2, 0.25) is 5.91 Å². The first-order valence-electron chi connectivity index (χ1n) is 14.1. The first kappa shape index (κ1) is 27.4. The summed E-state index contributed by atoms with van der Waals surface area (Å²) < 4.78 is 5.44. The van der Waals surface area contributed by atoms with Crippen molar-refractivity contribution in [1.29, 1.82) is 5.26 Å². The van der Waals surface area contributed by atoms with Crippen molar-refractivity contribution in [2.75, 3.05) is 18.6 Å². The van der Waals surface area contributed by atoms with Crippen molar-refractivity contribution in [3.05, 3.63) is 64.8 Å². The fraction of sp³-hybridized carbons (Fsp3) is 0.469. The molecule has 0 atom stereocenters. The first-order valence-corrected chi connectivity index (χ1v) is 14.9. The van der Waals surface area contributed by atoms with E-state index in [9.17, 15) is 15.2 Å². The van der Waals surface area contributed by atoms with Gasteiger partial charge in [0.1, 0.15) is 11.8 Å². The summed E-state index contributed by atoms with van der Waals surface area (Å²) in [5, 5.41) is 19.7. The lowest BCUT2D eigenvalue weighted by Gasteiger charge is -2.36. The Kier molecular flexibility index (Phi) is 8.64. The highest BCUT2D eigenvalue weighted by atomic mass is 32.1. The predicted octanol–water partition coefficient (Wildman–Crippen LogP) is 6.86. The highest BCUT2D eigenvalue weighted by Crippen LogP contribution is 2.39. The van der Waals surface area contributed by atoms with Crippen LogP contribution in [0.2, 0.25) is 0 Å². The Labute approximate surface area is 235 Å². The molecule has 0 radical (unpaired) electrons. The lowest BCUT2D eigenvalue weighted by molar-refractivity contribution is -0.124. The van der Waals surface area contributed by atoms with Crippen LogP contribution in [-0.4, -0.2) is 35.8 Å². The molecular formula is C32H37N3O3S. The maximum absolute atomic E-state index is 13.9. The molecule has 2 saturated carbocycles. The molecule has 1 N–H and O–H groups in total. The van der Waals surface area contributed by atoms with Gasteiger partial charge in [-0.1, -0.05) is 24.3 Å². The van der Waals surface area contributed by atoms with Crippen molar-refractivity contribution in [2.45, 2.75) is 70.3 Å². The normalized spacial score (nSPS) is 23.1. The second-order valence-electron chi connectivity index (χ2n) is 11.1. The highest BCUT2D eigenvalue weighted by Gasteiger charge is 2.32. The Balaban J connectivity index is 1.33. The number of benzene rings is 2. The van der Waals surface area contributed by atoms with Crippen molar-refractivity contribution in [3.8, 4) is 22.3 Å². The largest absolute Gasteiger partial charge is 0.496 e. The zero-order valence-corrected chi connectivity index (χ0v) is 23.6. The van der Waals surface area contributed by atoms with Gasteiger partial charge in [0.15, 0.2) is 5.01 Å². The molecule has 204 valence electrons. The highest BCUT2D eigenvalue weighted by molar-refractivity contribution is 7.15. The van der Waals surface area contributed by atoms with Gasteiger partial charge in [0, 0.05) is 24.3 Å². The van der Waals surface area contributed by atoms with Gasteiger partial charge < -0.3 is 14.7 Å². The van der Waals surface area contributed by atoms with Crippen molar-refractivity contribution in [2.24, 2.45) is 11.8 Å². The number of aryl methyl sites for hydroxylation is 1. The van der Waals surface area contributed by atoms with Crippen molar-refractivity contribution in [3.63, 3.8) is 0 Å². The number of carbonyl (C=O) groups is 1. The maximum atomic E-state index is 13.9. The molecule has 3 aromatic rings. The van der Waals surface area contributed by atoms with Crippen LogP contribution in [0.15, 0.2) is 48.7 Å². The van der Waals surface area contributed by atoms with Gasteiger partial charge in [-0.2, -0.15) is 5.26 Å². The molecule has 1 aromatic heterocycles. The van der Waals surface area contributed by atoms with E-state index in [1.165, 1.54) is 22.5 Å². The average molecular weight is 544 g/mol. The third-order valence-electron chi connectivity index (χ3n) is 8.53. The molecule has 2 aliphatic carbocycles. The van der Waals surface area contributed by atoms with Crippen LogP contribution < -0.4 is 9.64 Å². The Morgan fingerprint density at radius 3 is 2.54 bits per heavy atom. The summed E-state index contributed by atoms with van der Waals surface area (Å²) >= 11 is 1.37. The summed E-state index contributed by atoms with van der Waals surface area (Å²) in [6, 6.07) is 16.8. The zero-order chi connectivity index (χ0) is 27.4. The molecule has 1 heterocycles. The van der Waals surface area contributed by atoms with E-state index >= 15 is 0 Å². The molecule has 2 fully saturated rings. The van der Waals surface area contributed by atoms with Gasteiger partial charge in [0.25, 0.3) is 0 Å². The second-order valence-corrected chi connectivity index (χ2v) is 12.1. The smallest absolute Gasteiger partial charge is 0.230 e. The van der Waals surface area contributed by atoms with E-state index in [-0.39, 0.29) is 17.9 Å². The van der Waals surface area contributed by atoms with E-state index in [1.807, 2.05) is 23.1 Å². The monoisotopic (exact) mass is 543 g/mol. The van der Waals surface area contributed by atoms with Crippen LogP contribution in [0.4, 0.5) is 5.69 Å². The van der Waals surface area contributed by atoms with Gasteiger partial charge >= 0.3 is 0 Å². The third-order valence-corrected chi connectivity index (χ3v) is 9.48. The van der Waals surface area contributed by atoms with Crippen LogP contribution in [0.3, 0.4) is 0 Å². The van der Waals surface area contributed by atoms with E-state index in [2.05, 4.69) is 42.2 Å². The molecule has 0 unspecified atom stereocenters. The minimum Gasteiger partial charge on any atom is -0.496 e. The van der Waals surface area contributed by atoms with E-state index in [0.29, 0.717) is 36.2 Å². The number of aliphatic hydroxyl groups is 1. The topological polar surface area (TPSA) is 86.5 Å². The van der Waals surface area contributed by atoms with Crippen molar-refractivity contribution >= 4 is 22.9 Å². The summed E-state index contributed by atoms with van der Waals surface area (Å²) in [6.45, 7) is 2.81. The molecule has 7 heteroatoms. The number of methoxy groups -OCH3 is 1. The quantitative estimate of drug-likeness (QED) is 0.352. The standard InChI is InChI=1S/C32H37N3O3S/c1-21-16-25(12-15-29(21)38-2)23-8-6-22(7-9-23)20-35(32(37)24-10-13-28(36)14-11-24)27-5-3-4-26(17-27)30-19-34-31(18-33)39-30/h3-5,12,15-17,19,22-24,28,36H,6-11,13-14,20H2,1-2H3/t22-,23-,24-,28-. The summed E-state index contributed by atoms with van der Waals surface area (Å²) in [7, 11) is 1.71. The van der Waals surface area contributed by atoms with Gasteiger partial charge in [-0.05, 0) is 105 Å². The van der Waals surface area contributed by atoms with Crippen LogP contribution in [0.5, 0.6) is 5.75 Å². The van der Waals surface area contributed by atoms with Gasteiger partial charge in [-0.25, -0.2) is 4.98 Å². The summed E-state index contributed by atoms with van der Waals surface area (Å²) in [6.07, 6.45) is 8.70. The predicted molar refractivity (Wildman–Crippen MR) is 155 cm³/mol. The molecule has 2 aliphatic rings. The van der Waals surface area contributed by atoms with E-state index in [1.54, 1.807) is 13.3 Å². The maximum Gasteiger partial charge on any atom is 0.230 e. The van der Waals surface area contributed by atoms with Crippen molar-refractivity contribution in [1.82, 2.24) is 4.98 Å². The van der Waals surface area contributed by atoms with Crippen molar-refractivity contribution < 1.29 is 14.6 Å². The number of nitrogens with zero attached hydrogens (tertiary/aromatic N) is 3. The lowest BCUT2D eigenvalue weighted by Crippen LogP contribution is -2.41.